The van der Waals surface area contributed by atoms with Crippen molar-refractivity contribution < 1.29 is 13.2 Å². The molecular formula is C9H18ClNO3S. The lowest BCUT2D eigenvalue weighted by Crippen LogP contribution is -2.42. The zero-order chi connectivity index (χ0) is 11.3. The quantitative estimate of drug-likeness (QED) is 0.690. The van der Waals surface area contributed by atoms with Gasteiger partial charge in [0.25, 0.3) is 0 Å². The summed E-state index contributed by atoms with van der Waals surface area (Å²) in [6, 6.07) is 0. The van der Waals surface area contributed by atoms with Crippen molar-refractivity contribution in [2.24, 2.45) is 0 Å². The zero-order valence-electron chi connectivity index (χ0n) is 8.99. The van der Waals surface area contributed by atoms with Gasteiger partial charge in [0.1, 0.15) is 0 Å². The summed E-state index contributed by atoms with van der Waals surface area (Å²) in [6.07, 6.45) is 1.79. The SMILES string of the molecule is CCOC1CCN(S(=O)(=O)CCCl)CC1. The van der Waals surface area contributed by atoms with E-state index in [4.69, 9.17) is 16.3 Å². The highest BCUT2D eigenvalue weighted by atomic mass is 35.5. The maximum atomic E-state index is 11.7. The Morgan fingerprint density at radius 3 is 2.47 bits per heavy atom. The molecule has 0 spiro atoms. The Balaban J connectivity index is 2.43. The minimum atomic E-state index is -3.13. The molecule has 1 aliphatic rings. The maximum Gasteiger partial charge on any atom is 0.215 e. The van der Waals surface area contributed by atoms with Gasteiger partial charge in [-0.05, 0) is 19.8 Å². The molecule has 4 nitrogen and oxygen atoms in total. The summed E-state index contributed by atoms with van der Waals surface area (Å²) in [7, 11) is -3.13. The topological polar surface area (TPSA) is 46.6 Å². The number of rotatable bonds is 5. The van der Waals surface area contributed by atoms with Crippen molar-refractivity contribution in [1.82, 2.24) is 4.31 Å². The van der Waals surface area contributed by atoms with Crippen molar-refractivity contribution in [3.63, 3.8) is 0 Å². The second-order valence-corrected chi connectivity index (χ2v) is 6.03. The van der Waals surface area contributed by atoms with Crippen molar-refractivity contribution in [2.45, 2.75) is 25.9 Å². The predicted molar refractivity (Wildman–Crippen MR) is 60.7 cm³/mol. The summed E-state index contributed by atoms with van der Waals surface area (Å²) in [5, 5.41) is 0. The summed E-state index contributed by atoms with van der Waals surface area (Å²) < 4.78 is 30.3. The van der Waals surface area contributed by atoms with Crippen LogP contribution in [0.3, 0.4) is 0 Å². The van der Waals surface area contributed by atoms with Gasteiger partial charge >= 0.3 is 0 Å². The Morgan fingerprint density at radius 2 is 2.00 bits per heavy atom. The monoisotopic (exact) mass is 255 g/mol. The van der Waals surface area contributed by atoms with E-state index in [0.29, 0.717) is 19.7 Å². The molecule has 0 atom stereocenters. The first-order chi connectivity index (χ1) is 7.10. The van der Waals surface area contributed by atoms with E-state index in [0.717, 1.165) is 12.8 Å². The third-order valence-electron chi connectivity index (χ3n) is 2.53. The average molecular weight is 256 g/mol. The van der Waals surface area contributed by atoms with Crippen LogP contribution in [0, 0.1) is 0 Å². The number of hydrogen-bond acceptors (Lipinski definition) is 3. The van der Waals surface area contributed by atoms with Gasteiger partial charge in [-0.1, -0.05) is 0 Å². The van der Waals surface area contributed by atoms with Gasteiger partial charge in [0.15, 0.2) is 0 Å². The molecule has 90 valence electrons. The molecule has 0 bridgehead atoms. The molecule has 1 saturated heterocycles. The summed E-state index contributed by atoms with van der Waals surface area (Å²) >= 11 is 5.45. The molecule has 0 aromatic carbocycles. The van der Waals surface area contributed by atoms with Crippen molar-refractivity contribution in [2.75, 3.05) is 31.3 Å². The lowest BCUT2D eigenvalue weighted by atomic mass is 10.1. The normalized spacial score (nSPS) is 20.7. The molecule has 0 aliphatic carbocycles. The second-order valence-electron chi connectivity index (χ2n) is 3.56. The van der Waals surface area contributed by atoms with E-state index in [9.17, 15) is 8.42 Å². The average Bonchev–Trinajstić information content (AvgIpc) is 2.19. The van der Waals surface area contributed by atoms with Gasteiger partial charge in [-0.3, -0.25) is 0 Å². The molecule has 6 heteroatoms. The molecule has 0 saturated carbocycles. The van der Waals surface area contributed by atoms with E-state index in [1.165, 1.54) is 4.31 Å². The first-order valence-electron chi connectivity index (χ1n) is 5.25. The first-order valence-corrected chi connectivity index (χ1v) is 7.40. The van der Waals surface area contributed by atoms with E-state index >= 15 is 0 Å². The van der Waals surface area contributed by atoms with Crippen LogP contribution < -0.4 is 0 Å². The molecular weight excluding hydrogens is 238 g/mol. The number of nitrogens with zero attached hydrogens (tertiary/aromatic N) is 1. The standard InChI is InChI=1S/C9H18ClNO3S/c1-2-14-9-3-6-11(7-4-9)15(12,13)8-5-10/h9H,2-8H2,1H3. The van der Waals surface area contributed by atoms with Gasteiger partial charge in [-0.25, -0.2) is 12.7 Å². The largest absolute Gasteiger partial charge is 0.378 e. The van der Waals surface area contributed by atoms with Crippen LogP contribution in [-0.4, -0.2) is 50.2 Å². The van der Waals surface area contributed by atoms with Gasteiger partial charge in [0.2, 0.25) is 10.0 Å². The fourth-order valence-corrected chi connectivity index (χ4v) is 3.54. The number of ether oxygens (including phenoxy) is 1. The number of sulfonamides is 1. The van der Waals surface area contributed by atoms with Crippen molar-refractivity contribution in [3.8, 4) is 0 Å². The summed E-state index contributed by atoms with van der Waals surface area (Å²) in [6.45, 7) is 3.77. The van der Waals surface area contributed by atoms with Crippen molar-refractivity contribution in [3.05, 3.63) is 0 Å². The third kappa shape index (κ3) is 3.90. The van der Waals surface area contributed by atoms with Gasteiger partial charge < -0.3 is 4.74 Å². The second kappa shape index (κ2) is 6.03. The molecule has 1 aliphatic heterocycles. The first kappa shape index (κ1) is 13.2. The van der Waals surface area contributed by atoms with Gasteiger partial charge in [0.05, 0.1) is 11.9 Å². The fraction of sp³-hybridized carbons (Fsp3) is 1.00. The Morgan fingerprint density at radius 1 is 1.40 bits per heavy atom. The summed E-state index contributed by atoms with van der Waals surface area (Å²) in [5.41, 5.74) is 0. The number of piperidine rings is 1. The van der Waals surface area contributed by atoms with E-state index in [-0.39, 0.29) is 17.7 Å². The van der Waals surface area contributed by atoms with E-state index in [2.05, 4.69) is 0 Å². The van der Waals surface area contributed by atoms with Crippen LogP contribution in [0.2, 0.25) is 0 Å². The van der Waals surface area contributed by atoms with Crippen molar-refractivity contribution >= 4 is 21.6 Å². The maximum absolute atomic E-state index is 11.7. The Kier molecular flexibility index (Phi) is 5.32. The molecule has 1 fully saturated rings. The molecule has 1 heterocycles. The van der Waals surface area contributed by atoms with Crippen LogP contribution in [-0.2, 0) is 14.8 Å². The van der Waals surface area contributed by atoms with Gasteiger partial charge in [-0.2, -0.15) is 0 Å². The number of hydrogen-bond donors (Lipinski definition) is 0. The summed E-state index contributed by atoms with van der Waals surface area (Å²) in [4.78, 5) is 0. The molecule has 0 unspecified atom stereocenters. The highest BCUT2D eigenvalue weighted by molar-refractivity contribution is 7.89. The van der Waals surface area contributed by atoms with E-state index in [1.54, 1.807) is 0 Å². The van der Waals surface area contributed by atoms with Crippen LogP contribution in [0.15, 0.2) is 0 Å². The van der Waals surface area contributed by atoms with E-state index in [1.807, 2.05) is 6.92 Å². The van der Waals surface area contributed by atoms with Crippen LogP contribution in [0.25, 0.3) is 0 Å². The Bertz CT molecular complexity index is 273. The minimum absolute atomic E-state index is 0.0356. The molecule has 0 aromatic heterocycles. The Labute approximate surface area is 96.6 Å². The van der Waals surface area contributed by atoms with Crippen LogP contribution in [0.4, 0.5) is 0 Å². The molecule has 0 radical (unpaired) electrons. The number of alkyl halides is 1. The molecule has 0 amide bonds. The molecule has 0 aromatic rings. The fourth-order valence-electron chi connectivity index (χ4n) is 1.74. The number of halogens is 1. The zero-order valence-corrected chi connectivity index (χ0v) is 10.6. The highest BCUT2D eigenvalue weighted by Gasteiger charge is 2.27. The predicted octanol–water partition coefficient (Wildman–Crippen LogP) is 1.06. The smallest absolute Gasteiger partial charge is 0.215 e. The lowest BCUT2D eigenvalue weighted by molar-refractivity contribution is 0.0290. The van der Waals surface area contributed by atoms with Crippen LogP contribution in [0.5, 0.6) is 0 Å². The summed E-state index contributed by atoms with van der Waals surface area (Å²) in [5.74, 6) is 0.196. The molecule has 0 N–H and O–H groups in total. The van der Waals surface area contributed by atoms with Crippen LogP contribution >= 0.6 is 11.6 Å². The van der Waals surface area contributed by atoms with E-state index < -0.39 is 10.0 Å². The van der Waals surface area contributed by atoms with Gasteiger partial charge in [-0.15, -0.1) is 11.6 Å². The van der Waals surface area contributed by atoms with Crippen molar-refractivity contribution in [1.29, 1.82) is 0 Å². The molecule has 1 rings (SSSR count). The minimum Gasteiger partial charge on any atom is -0.378 e. The Hall–Kier alpha value is 0.160. The lowest BCUT2D eigenvalue weighted by Gasteiger charge is -2.30. The third-order valence-corrected chi connectivity index (χ3v) is 4.82. The van der Waals surface area contributed by atoms with Crippen LogP contribution in [0.1, 0.15) is 19.8 Å². The molecule has 15 heavy (non-hydrogen) atoms. The highest BCUT2D eigenvalue weighted by Crippen LogP contribution is 2.16. The van der Waals surface area contributed by atoms with Gasteiger partial charge in [0, 0.05) is 25.6 Å².